The number of fused-ring (bicyclic) bond motifs is 1. The van der Waals surface area contributed by atoms with Crippen LogP contribution in [0.15, 0.2) is 83.6 Å². The summed E-state index contributed by atoms with van der Waals surface area (Å²) >= 11 is 16.3. The van der Waals surface area contributed by atoms with Crippen LogP contribution < -0.4 is 4.74 Å². The van der Waals surface area contributed by atoms with Crippen molar-refractivity contribution in [2.75, 3.05) is 7.11 Å². The van der Waals surface area contributed by atoms with Gasteiger partial charge in [-0.25, -0.2) is 9.97 Å². The van der Waals surface area contributed by atoms with Gasteiger partial charge in [-0.15, -0.1) is 0 Å². The summed E-state index contributed by atoms with van der Waals surface area (Å²) in [5, 5.41) is 1.13. The molecule has 0 unspecified atom stereocenters. The average Bonchev–Trinajstić information content (AvgIpc) is 3.18. The minimum atomic E-state index is 0.549. The monoisotopic (exact) mass is 523 g/mol. The standard InChI is InChI=1S/C25H16BrCl2N3O/c1-32-20-9-4-15(5-10-20)17-13-29-25-30-23(16-2-6-18(26)7-3-16)24(31(25)14-17)21-11-8-19(27)12-22(21)28/h2-14H,1H3. The van der Waals surface area contributed by atoms with Gasteiger partial charge < -0.3 is 4.74 Å². The van der Waals surface area contributed by atoms with E-state index in [1.807, 2.05) is 77.5 Å². The van der Waals surface area contributed by atoms with Crippen LogP contribution in [0.25, 0.3) is 39.4 Å². The number of rotatable bonds is 4. The van der Waals surface area contributed by atoms with Gasteiger partial charge in [0.2, 0.25) is 5.78 Å². The fraction of sp³-hybridized carbons (Fsp3) is 0.0400. The highest BCUT2D eigenvalue weighted by Crippen LogP contribution is 2.38. The number of hydrogen-bond donors (Lipinski definition) is 0. The summed E-state index contributed by atoms with van der Waals surface area (Å²) in [6.45, 7) is 0. The van der Waals surface area contributed by atoms with Crippen LogP contribution in [-0.4, -0.2) is 21.5 Å². The number of halogens is 3. The molecule has 0 saturated heterocycles. The first-order valence-electron chi connectivity index (χ1n) is 9.77. The summed E-state index contributed by atoms with van der Waals surface area (Å²) in [4.78, 5) is 9.48. The van der Waals surface area contributed by atoms with Crippen LogP contribution in [0.3, 0.4) is 0 Å². The minimum absolute atomic E-state index is 0.549. The second-order valence-corrected chi connectivity index (χ2v) is 8.94. The van der Waals surface area contributed by atoms with E-state index in [0.29, 0.717) is 15.8 Å². The van der Waals surface area contributed by atoms with Gasteiger partial charge in [-0.1, -0.05) is 63.4 Å². The van der Waals surface area contributed by atoms with Crippen molar-refractivity contribution in [2.24, 2.45) is 0 Å². The normalized spacial score (nSPS) is 11.1. The van der Waals surface area contributed by atoms with Gasteiger partial charge in [0, 0.05) is 38.6 Å². The Morgan fingerprint density at radius 1 is 0.875 bits per heavy atom. The Labute approximate surface area is 203 Å². The second kappa shape index (κ2) is 8.58. The maximum Gasteiger partial charge on any atom is 0.234 e. The van der Waals surface area contributed by atoms with E-state index in [1.165, 1.54) is 0 Å². The lowest BCUT2D eigenvalue weighted by atomic mass is 10.0. The lowest BCUT2D eigenvalue weighted by Crippen LogP contribution is -1.94. The first-order chi connectivity index (χ1) is 15.5. The fourth-order valence-electron chi connectivity index (χ4n) is 3.61. The number of imidazole rings is 1. The van der Waals surface area contributed by atoms with E-state index in [2.05, 4.69) is 20.9 Å². The Kier molecular flexibility index (Phi) is 5.64. The maximum absolute atomic E-state index is 6.63. The topological polar surface area (TPSA) is 39.4 Å². The predicted molar refractivity (Wildman–Crippen MR) is 134 cm³/mol. The molecular weight excluding hydrogens is 509 g/mol. The van der Waals surface area contributed by atoms with Crippen LogP contribution in [0, 0.1) is 0 Å². The summed E-state index contributed by atoms with van der Waals surface area (Å²) in [6.07, 6.45) is 3.85. The number of ether oxygens (including phenoxy) is 1. The maximum atomic E-state index is 6.63. The molecule has 0 radical (unpaired) electrons. The molecule has 0 aliphatic carbocycles. The van der Waals surface area contributed by atoms with Gasteiger partial charge in [0.05, 0.1) is 23.5 Å². The quantitative estimate of drug-likeness (QED) is 0.240. The van der Waals surface area contributed by atoms with Crippen LogP contribution in [0.1, 0.15) is 0 Å². The number of methoxy groups -OCH3 is 1. The van der Waals surface area contributed by atoms with E-state index in [-0.39, 0.29) is 0 Å². The smallest absolute Gasteiger partial charge is 0.234 e. The minimum Gasteiger partial charge on any atom is -0.497 e. The molecule has 0 aliphatic heterocycles. The fourth-order valence-corrected chi connectivity index (χ4v) is 4.38. The molecule has 0 amide bonds. The molecule has 7 heteroatoms. The highest BCUT2D eigenvalue weighted by molar-refractivity contribution is 9.10. The molecule has 0 N–H and O–H groups in total. The third kappa shape index (κ3) is 3.88. The Hall–Kier alpha value is -2.86. The van der Waals surface area contributed by atoms with Crippen molar-refractivity contribution in [2.45, 2.75) is 0 Å². The Balaban J connectivity index is 1.76. The molecule has 5 rings (SSSR count). The third-order valence-corrected chi connectivity index (χ3v) is 6.28. The highest BCUT2D eigenvalue weighted by atomic mass is 79.9. The van der Waals surface area contributed by atoms with Gasteiger partial charge >= 0.3 is 0 Å². The van der Waals surface area contributed by atoms with Crippen LogP contribution in [0.5, 0.6) is 5.75 Å². The summed E-state index contributed by atoms with van der Waals surface area (Å²) in [7, 11) is 1.65. The molecule has 0 bridgehead atoms. The zero-order valence-electron chi connectivity index (χ0n) is 16.9. The van der Waals surface area contributed by atoms with Crippen molar-refractivity contribution < 1.29 is 4.74 Å². The molecule has 3 aromatic carbocycles. The van der Waals surface area contributed by atoms with Crippen molar-refractivity contribution in [3.8, 4) is 39.4 Å². The molecule has 0 spiro atoms. The van der Waals surface area contributed by atoms with Gasteiger partial charge in [-0.2, -0.15) is 0 Å². The van der Waals surface area contributed by atoms with Crippen molar-refractivity contribution in [1.29, 1.82) is 0 Å². The first-order valence-corrected chi connectivity index (χ1v) is 11.3. The Morgan fingerprint density at radius 2 is 1.59 bits per heavy atom. The number of benzene rings is 3. The van der Waals surface area contributed by atoms with Crippen molar-refractivity contribution >= 4 is 44.9 Å². The molecule has 0 atom stereocenters. The SMILES string of the molecule is COc1ccc(-c2cnc3nc(-c4ccc(Br)cc4)c(-c4ccc(Cl)cc4Cl)n3c2)cc1. The molecule has 4 nitrogen and oxygen atoms in total. The van der Waals surface area contributed by atoms with Crippen LogP contribution in [-0.2, 0) is 0 Å². The third-order valence-electron chi connectivity index (χ3n) is 5.21. The summed E-state index contributed by atoms with van der Waals surface area (Å²) in [6, 6.07) is 21.4. The molecule has 5 aromatic rings. The lowest BCUT2D eigenvalue weighted by Gasteiger charge is -2.10. The van der Waals surface area contributed by atoms with Gasteiger partial charge in [-0.3, -0.25) is 4.40 Å². The number of aromatic nitrogens is 3. The molecule has 2 heterocycles. The largest absolute Gasteiger partial charge is 0.497 e. The molecule has 32 heavy (non-hydrogen) atoms. The Bertz CT molecular complexity index is 1430. The molecule has 0 aliphatic rings. The molecule has 2 aromatic heterocycles. The predicted octanol–water partition coefficient (Wildman–Crippen LogP) is 7.81. The summed E-state index contributed by atoms with van der Waals surface area (Å²) in [5.41, 5.74) is 5.41. The summed E-state index contributed by atoms with van der Waals surface area (Å²) < 4.78 is 8.25. The van der Waals surface area contributed by atoms with Crippen LogP contribution >= 0.6 is 39.1 Å². The van der Waals surface area contributed by atoms with Gasteiger partial charge in [-0.05, 0) is 48.0 Å². The van der Waals surface area contributed by atoms with Crippen LogP contribution in [0.2, 0.25) is 10.0 Å². The molecule has 0 fully saturated rings. The van der Waals surface area contributed by atoms with E-state index in [1.54, 1.807) is 13.2 Å². The van der Waals surface area contributed by atoms with Crippen molar-refractivity contribution in [3.63, 3.8) is 0 Å². The van der Waals surface area contributed by atoms with Gasteiger partial charge in [0.1, 0.15) is 5.75 Å². The number of nitrogens with zero attached hydrogens (tertiary/aromatic N) is 3. The van der Waals surface area contributed by atoms with E-state index < -0.39 is 0 Å². The Morgan fingerprint density at radius 3 is 2.28 bits per heavy atom. The second-order valence-electron chi connectivity index (χ2n) is 7.18. The van der Waals surface area contributed by atoms with Gasteiger partial charge in [0.15, 0.2) is 0 Å². The van der Waals surface area contributed by atoms with Crippen molar-refractivity contribution in [3.05, 3.63) is 93.6 Å². The van der Waals surface area contributed by atoms with E-state index in [9.17, 15) is 0 Å². The lowest BCUT2D eigenvalue weighted by molar-refractivity contribution is 0.415. The van der Waals surface area contributed by atoms with E-state index in [4.69, 9.17) is 32.9 Å². The molecular formula is C25H16BrCl2N3O. The van der Waals surface area contributed by atoms with Crippen LogP contribution in [0.4, 0.5) is 0 Å². The average molecular weight is 525 g/mol. The molecule has 0 saturated carbocycles. The van der Waals surface area contributed by atoms with Gasteiger partial charge in [0.25, 0.3) is 0 Å². The first kappa shape index (κ1) is 21.0. The van der Waals surface area contributed by atoms with E-state index >= 15 is 0 Å². The zero-order chi connectivity index (χ0) is 22.2. The van der Waals surface area contributed by atoms with E-state index in [0.717, 1.165) is 43.9 Å². The van der Waals surface area contributed by atoms with Crippen molar-refractivity contribution in [1.82, 2.24) is 14.4 Å². The summed E-state index contributed by atoms with van der Waals surface area (Å²) in [5.74, 6) is 1.39. The highest BCUT2D eigenvalue weighted by Gasteiger charge is 2.19. The zero-order valence-corrected chi connectivity index (χ0v) is 20.0. The number of hydrogen-bond acceptors (Lipinski definition) is 3. The molecule has 158 valence electrons.